The zero-order valence-electron chi connectivity index (χ0n) is 15.0. The lowest BCUT2D eigenvalue weighted by Crippen LogP contribution is -2.41. The molecule has 1 amide bonds. The minimum Gasteiger partial charge on any atom is -0.492 e. The Bertz CT molecular complexity index is 682. The minimum atomic E-state index is -0.261. The van der Waals surface area contributed by atoms with Gasteiger partial charge in [-0.3, -0.25) is 14.4 Å². The smallest absolute Gasteiger partial charge is 0.241 e. The molecule has 1 heterocycles. The average Bonchev–Trinajstić information content (AvgIpc) is 2.81. The van der Waals surface area contributed by atoms with Crippen molar-refractivity contribution in [2.45, 2.75) is 26.8 Å². The second-order valence-electron chi connectivity index (χ2n) is 5.98. The fraction of sp³-hybridized carbons (Fsp3) is 0.444. The number of aromatic nitrogens is 2. The van der Waals surface area contributed by atoms with Crippen LogP contribution in [0.15, 0.2) is 30.3 Å². The molecule has 2 aromatic rings. The Morgan fingerprint density at radius 3 is 2.58 bits per heavy atom. The predicted molar refractivity (Wildman–Crippen MR) is 95.3 cm³/mol. The molecule has 0 aliphatic heterocycles. The maximum atomic E-state index is 12.5. The van der Waals surface area contributed by atoms with Crippen LogP contribution in [-0.4, -0.2) is 46.8 Å². The van der Waals surface area contributed by atoms with Gasteiger partial charge in [0, 0.05) is 13.6 Å². The number of amides is 1. The molecule has 0 radical (unpaired) electrons. The van der Waals surface area contributed by atoms with E-state index in [9.17, 15) is 4.79 Å². The first-order valence-corrected chi connectivity index (χ1v) is 8.09. The fourth-order valence-corrected chi connectivity index (χ4v) is 2.40. The van der Waals surface area contributed by atoms with Crippen LogP contribution in [0.4, 0.5) is 5.69 Å². The van der Waals surface area contributed by atoms with Gasteiger partial charge in [-0.1, -0.05) is 18.2 Å². The van der Waals surface area contributed by atoms with Crippen molar-refractivity contribution < 1.29 is 9.53 Å². The summed E-state index contributed by atoms with van der Waals surface area (Å²) >= 11 is 0. The molecule has 0 bridgehead atoms. The number of nitrogens with one attached hydrogen (secondary N) is 1. The van der Waals surface area contributed by atoms with Gasteiger partial charge in [-0.25, -0.2) is 0 Å². The van der Waals surface area contributed by atoms with E-state index in [0.29, 0.717) is 13.2 Å². The van der Waals surface area contributed by atoms with Crippen molar-refractivity contribution in [1.29, 1.82) is 0 Å². The van der Waals surface area contributed by atoms with Crippen molar-refractivity contribution in [2.75, 3.05) is 25.5 Å². The van der Waals surface area contributed by atoms with Gasteiger partial charge in [0.15, 0.2) is 0 Å². The summed E-state index contributed by atoms with van der Waals surface area (Å²) in [6.45, 7) is 6.92. The van der Waals surface area contributed by atoms with E-state index < -0.39 is 0 Å². The van der Waals surface area contributed by atoms with Crippen LogP contribution in [-0.2, 0) is 11.8 Å². The first-order chi connectivity index (χ1) is 11.4. The molecule has 0 aliphatic rings. The second-order valence-corrected chi connectivity index (χ2v) is 5.98. The molecule has 1 N–H and O–H groups in total. The van der Waals surface area contributed by atoms with E-state index in [-0.39, 0.29) is 11.9 Å². The van der Waals surface area contributed by atoms with Crippen LogP contribution < -0.4 is 10.1 Å². The average molecular weight is 330 g/mol. The quantitative estimate of drug-likeness (QED) is 0.847. The third-order valence-electron chi connectivity index (χ3n) is 4.25. The molecular formula is C18H26N4O2. The van der Waals surface area contributed by atoms with Crippen molar-refractivity contribution in [3.8, 4) is 5.75 Å². The summed E-state index contributed by atoms with van der Waals surface area (Å²) in [5, 5.41) is 7.30. The van der Waals surface area contributed by atoms with E-state index >= 15 is 0 Å². The van der Waals surface area contributed by atoms with Gasteiger partial charge in [-0.05, 0) is 40.0 Å². The Balaban J connectivity index is 1.85. The van der Waals surface area contributed by atoms with Gasteiger partial charge in [0.25, 0.3) is 0 Å². The number of ether oxygens (including phenoxy) is 1. The van der Waals surface area contributed by atoms with Crippen molar-refractivity contribution in [3.05, 3.63) is 41.7 Å². The van der Waals surface area contributed by atoms with E-state index in [0.717, 1.165) is 22.8 Å². The molecule has 6 nitrogen and oxygen atoms in total. The molecule has 6 heteroatoms. The molecule has 24 heavy (non-hydrogen) atoms. The van der Waals surface area contributed by atoms with E-state index in [1.807, 2.05) is 70.1 Å². The molecule has 1 unspecified atom stereocenters. The first-order valence-electron chi connectivity index (χ1n) is 8.09. The monoisotopic (exact) mass is 330 g/mol. The Hall–Kier alpha value is -2.34. The van der Waals surface area contributed by atoms with Crippen LogP contribution in [0.5, 0.6) is 5.75 Å². The number of nitrogens with zero attached hydrogens (tertiary/aromatic N) is 3. The number of carbonyl (C=O) groups excluding carboxylic acids is 1. The molecule has 0 aliphatic carbocycles. The van der Waals surface area contributed by atoms with Crippen LogP contribution >= 0.6 is 0 Å². The van der Waals surface area contributed by atoms with Crippen LogP contribution in [0.2, 0.25) is 0 Å². The molecule has 130 valence electrons. The molecule has 2 rings (SSSR count). The lowest BCUT2D eigenvalue weighted by Gasteiger charge is -2.24. The second kappa shape index (κ2) is 7.97. The van der Waals surface area contributed by atoms with Crippen molar-refractivity contribution in [1.82, 2.24) is 14.7 Å². The van der Waals surface area contributed by atoms with Gasteiger partial charge in [0.2, 0.25) is 5.91 Å². The Morgan fingerprint density at radius 2 is 2.00 bits per heavy atom. The van der Waals surface area contributed by atoms with Gasteiger partial charge in [-0.2, -0.15) is 5.10 Å². The summed E-state index contributed by atoms with van der Waals surface area (Å²) in [6, 6.07) is 9.41. The molecular weight excluding hydrogens is 304 g/mol. The zero-order chi connectivity index (χ0) is 17.7. The zero-order valence-corrected chi connectivity index (χ0v) is 15.0. The molecule has 1 atom stereocenters. The minimum absolute atomic E-state index is 0.0450. The summed E-state index contributed by atoms with van der Waals surface area (Å²) < 4.78 is 7.45. The van der Waals surface area contributed by atoms with Crippen LogP contribution in [0.25, 0.3) is 0 Å². The van der Waals surface area contributed by atoms with Crippen molar-refractivity contribution in [2.24, 2.45) is 7.05 Å². The van der Waals surface area contributed by atoms with Crippen LogP contribution in [0.1, 0.15) is 18.3 Å². The third-order valence-corrected chi connectivity index (χ3v) is 4.25. The Morgan fingerprint density at radius 1 is 1.33 bits per heavy atom. The molecule has 0 spiro atoms. The standard InChI is InChI=1S/C18H26N4O2/c1-13-17(14(2)22(5)20-13)19-18(23)15(3)21(4)11-12-24-16-9-7-6-8-10-16/h6-10,15H,11-12H2,1-5H3,(H,19,23). The predicted octanol–water partition coefficient (Wildman–Crippen LogP) is 2.37. The van der Waals surface area contributed by atoms with Crippen molar-refractivity contribution in [3.63, 3.8) is 0 Å². The van der Waals surface area contributed by atoms with Crippen molar-refractivity contribution >= 4 is 11.6 Å². The molecule has 1 aromatic carbocycles. The van der Waals surface area contributed by atoms with Crippen LogP contribution in [0, 0.1) is 13.8 Å². The van der Waals surface area contributed by atoms with Gasteiger partial charge >= 0.3 is 0 Å². The van der Waals surface area contributed by atoms with E-state index in [1.54, 1.807) is 4.68 Å². The third kappa shape index (κ3) is 4.35. The lowest BCUT2D eigenvalue weighted by molar-refractivity contribution is -0.120. The number of rotatable bonds is 7. The first kappa shape index (κ1) is 18.0. The summed E-state index contributed by atoms with van der Waals surface area (Å²) in [7, 11) is 3.79. The largest absolute Gasteiger partial charge is 0.492 e. The SMILES string of the molecule is Cc1nn(C)c(C)c1NC(=O)C(C)N(C)CCOc1ccccc1. The van der Waals surface area contributed by atoms with Crippen LogP contribution in [0.3, 0.4) is 0 Å². The number of carbonyl (C=O) groups is 1. The fourth-order valence-electron chi connectivity index (χ4n) is 2.40. The highest BCUT2D eigenvalue weighted by Crippen LogP contribution is 2.18. The number of hydrogen-bond acceptors (Lipinski definition) is 4. The van der Waals surface area contributed by atoms with Gasteiger partial charge in [0.05, 0.1) is 23.1 Å². The lowest BCUT2D eigenvalue weighted by atomic mass is 10.2. The Labute approximate surface area is 143 Å². The summed E-state index contributed by atoms with van der Waals surface area (Å²) in [5.74, 6) is 0.793. The number of likely N-dealkylation sites (N-methyl/N-ethyl adjacent to an activating group) is 1. The summed E-state index contributed by atoms with van der Waals surface area (Å²) in [4.78, 5) is 14.4. The van der Waals surface area contributed by atoms with E-state index in [2.05, 4.69) is 10.4 Å². The van der Waals surface area contributed by atoms with Gasteiger partial charge in [-0.15, -0.1) is 0 Å². The Kier molecular flexibility index (Phi) is 5.98. The highest BCUT2D eigenvalue weighted by Gasteiger charge is 2.20. The van der Waals surface area contributed by atoms with E-state index in [4.69, 9.17) is 4.74 Å². The van der Waals surface area contributed by atoms with E-state index in [1.165, 1.54) is 0 Å². The molecule has 0 saturated carbocycles. The number of aryl methyl sites for hydroxylation is 2. The maximum Gasteiger partial charge on any atom is 0.241 e. The number of para-hydroxylation sites is 1. The summed E-state index contributed by atoms with van der Waals surface area (Å²) in [5.41, 5.74) is 2.57. The molecule has 1 aromatic heterocycles. The normalized spacial score (nSPS) is 12.2. The molecule has 0 fully saturated rings. The topological polar surface area (TPSA) is 59.4 Å². The molecule has 0 saturated heterocycles. The maximum absolute atomic E-state index is 12.5. The van der Waals surface area contributed by atoms with Gasteiger partial charge in [0.1, 0.15) is 12.4 Å². The number of benzene rings is 1. The highest BCUT2D eigenvalue weighted by atomic mass is 16.5. The number of hydrogen-bond donors (Lipinski definition) is 1. The highest BCUT2D eigenvalue weighted by molar-refractivity contribution is 5.95. The van der Waals surface area contributed by atoms with Gasteiger partial charge < -0.3 is 10.1 Å². The number of anilines is 1. The summed E-state index contributed by atoms with van der Waals surface area (Å²) in [6.07, 6.45) is 0.